The minimum atomic E-state index is -3.39. The summed E-state index contributed by atoms with van der Waals surface area (Å²) in [6.45, 7) is 3.93. The van der Waals surface area contributed by atoms with Crippen LogP contribution in [0.15, 0.2) is 29.2 Å². The lowest BCUT2D eigenvalue weighted by Gasteiger charge is -2.06. The van der Waals surface area contributed by atoms with Gasteiger partial charge in [0.15, 0.2) is 0 Å². The number of aryl methyl sites for hydroxylation is 1. The molecular weight excluding hydrogens is 250 g/mol. The normalized spacial score (nSPS) is 27.2. The summed E-state index contributed by atoms with van der Waals surface area (Å²) >= 11 is 0. The van der Waals surface area contributed by atoms with Gasteiger partial charge in [0.05, 0.1) is 4.90 Å². The van der Waals surface area contributed by atoms with Crippen LogP contribution >= 0.6 is 0 Å². The number of aliphatic hydroxyl groups excluding tert-OH is 1. The molecule has 1 aliphatic heterocycles. The zero-order valence-electron chi connectivity index (χ0n) is 10.7. The first-order chi connectivity index (χ1) is 8.52. The van der Waals surface area contributed by atoms with Crippen LogP contribution in [0.1, 0.15) is 25.3 Å². The lowest BCUT2D eigenvalue weighted by atomic mass is 10.2. The van der Waals surface area contributed by atoms with Crippen LogP contribution in [0.4, 0.5) is 0 Å². The van der Waals surface area contributed by atoms with Crippen LogP contribution in [-0.2, 0) is 10.0 Å². The van der Waals surface area contributed by atoms with Gasteiger partial charge in [-0.1, -0.05) is 24.6 Å². The molecule has 100 valence electrons. The lowest BCUT2D eigenvalue weighted by Crippen LogP contribution is -2.16. The summed E-state index contributed by atoms with van der Waals surface area (Å²) in [5.74, 6) is 0. The summed E-state index contributed by atoms with van der Waals surface area (Å²) in [7, 11) is -3.39. The molecule has 0 amide bonds. The Balaban J connectivity index is 2.24. The number of sulfonamides is 1. The first-order valence-electron chi connectivity index (χ1n) is 6.23. The van der Waals surface area contributed by atoms with E-state index in [1.54, 1.807) is 24.3 Å². The summed E-state index contributed by atoms with van der Waals surface area (Å²) in [5.41, 5.74) is 1.04. The SMILES string of the molecule is CC[C@@H]1[C@@H](CCO)N1S(=O)(=O)c1ccc(C)cc1. The molecule has 1 saturated heterocycles. The maximum atomic E-state index is 12.4. The predicted octanol–water partition coefficient (Wildman–Crippen LogP) is 1.53. The van der Waals surface area contributed by atoms with Gasteiger partial charge in [-0.05, 0) is 31.9 Å². The van der Waals surface area contributed by atoms with Crippen LogP contribution in [0.2, 0.25) is 0 Å². The van der Waals surface area contributed by atoms with E-state index in [1.165, 1.54) is 4.31 Å². The van der Waals surface area contributed by atoms with Crippen molar-refractivity contribution in [3.8, 4) is 0 Å². The monoisotopic (exact) mass is 269 g/mol. The van der Waals surface area contributed by atoms with E-state index >= 15 is 0 Å². The van der Waals surface area contributed by atoms with Crippen molar-refractivity contribution in [3.63, 3.8) is 0 Å². The number of benzene rings is 1. The van der Waals surface area contributed by atoms with Gasteiger partial charge in [-0.3, -0.25) is 0 Å². The van der Waals surface area contributed by atoms with Gasteiger partial charge >= 0.3 is 0 Å². The maximum Gasteiger partial charge on any atom is 0.243 e. The topological polar surface area (TPSA) is 57.4 Å². The number of rotatable bonds is 5. The number of hydrogen-bond acceptors (Lipinski definition) is 3. The molecule has 1 aliphatic rings. The Bertz CT molecular complexity index is 510. The molecular formula is C13H19NO3S. The van der Waals surface area contributed by atoms with Gasteiger partial charge in [0.1, 0.15) is 0 Å². The zero-order valence-corrected chi connectivity index (χ0v) is 11.5. The first-order valence-corrected chi connectivity index (χ1v) is 7.67. The van der Waals surface area contributed by atoms with E-state index < -0.39 is 10.0 Å². The fraction of sp³-hybridized carbons (Fsp3) is 0.538. The molecule has 0 bridgehead atoms. The van der Waals surface area contributed by atoms with E-state index in [2.05, 4.69) is 0 Å². The highest BCUT2D eigenvalue weighted by Gasteiger charge is 2.53. The lowest BCUT2D eigenvalue weighted by molar-refractivity contribution is 0.284. The van der Waals surface area contributed by atoms with Crippen LogP contribution in [0.3, 0.4) is 0 Å². The molecule has 0 aromatic heterocycles. The van der Waals surface area contributed by atoms with Crippen LogP contribution < -0.4 is 0 Å². The average molecular weight is 269 g/mol. The highest BCUT2D eigenvalue weighted by molar-refractivity contribution is 7.89. The van der Waals surface area contributed by atoms with Gasteiger partial charge in [-0.25, -0.2) is 8.42 Å². The van der Waals surface area contributed by atoms with Gasteiger partial charge in [0.2, 0.25) is 10.0 Å². The summed E-state index contributed by atoms with van der Waals surface area (Å²) < 4.78 is 26.3. The zero-order chi connectivity index (χ0) is 13.3. The minimum Gasteiger partial charge on any atom is -0.396 e. The Morgan fingerprint density at radius 3 is 2.33 bits per heavy atom. The minimum absolute atomic E-state index is 0.0289. The number of aliphatic hydroxyl groups is 1. The van der Waals surface area contributed by atoms with Crippen molar-refractivity contribution in [2.45, 2.75) is 43.7 Å². The van der Waals surface area contributed by atoms with Crippen molar-refractivity contribution in [2.24, 2.45) is 0 Å². The van der Waals surface area contributed by atoms with Gasteiger partial charge < -0.3 is 5.11 Å². The molecule has 3 atom stereocenters. The smallest absolute Gasteiger partial charge is 0.243 e. The molecule has 1 heterocycles. The Hall–Kier alpha value is -0.910. The molecule has 0 radical (unpaired) electrons. The van der Waals surface area contributed by atoms with Crippen molar-refractivity contribution in [1.29, 1.82) is 0 Å². The Kier molecular flexibility index (Phi) is 3.75. The van der Waals surface area contributed by atoms with Crippen molar-refractivity contribution in [1.82, 2.24) is 4.31 Å². The quantitative estimate of drug-likeness (QED) is 0.825. The van der Waals surface area contributed by atoms with Gasteiger partial charge in [0, 0.05) is 18.7 Å². The highest BCUT2D eigenvalue weighted by atomic mass is 32.2. The fourth-order valence-electron chi connectivity index (χ4n) is 2.40. The Morgan fingerprint density at radius 1 is 1.22 bits per heavy atom. The predicted molar refractivity (Wildman–Crippen MR) is 69.8 cm³/mol. The van der Waals surface area contributed by atoms with Crippen molar-refractivity contribution >= 4 is 10.0 Å². The molecule has 1 aromatic rings. The standard InChI is InChI=1S/C13H19NO3S/c1-3-12-13(8-9-15)14(12)18(16,17)11-6-4-10(2)5-7-11/h4-7,12-13,15H,3,8-9H2,1-2H3/t12-,13-,14?/m1/s1. The molecule has 0 saturated carbocycles. The molecule has 1 aromatic carbocycles. The van der Waals surface area contributed by atoms with E-state index in [1.807, 2.05) is 13.8 Å². The molecule has 18 heavy (non-hydrogen) atoms. The van der Waals surface area contributed by atoms with Crippen molar-refractivity contribution in [2.75, 3.05) is 6.61 Å². The van der Waals surface area contributed by atoms with Gasteiger partial charge in [-0.2, -0.15) is 4.31 Å². The van der Waals surface area contributed by atoms with E-state index in [0.717, 1.165) is 12.0 Å². The molecule has 2 rings (SSSR count). The largest absolute Gasteiger partial charge is 0.396 e. The number of nitrogens with zero attached hydrogens (tertiary/aromatic N) is 1. The molecule has 4 nitrogen and oxygen atoms in total. The van der Waals surface area contributed by atoms with E-state index in [9.17, 15) is 8.42 Å². The second kappa shape index (κ2) is 4.99. The molecule has 0 aliphatic carbocycles. The maximum absolute atomic E-state index is 12.4. The molecule has 1 unspecified atom stereocenters. The molecule has 0 spiro atoms. The second-order valence-electron chi connectivity index (χ2n) is 4.70. The van der Waals surface area contributed by atoms with Crippen LogP contribution in [0.5, 0.6) is 0 Å². The highest BCUT2D eigenvalue weighted by Crippen LogP contribution is 2.39. The van der Waals surface area contributed by atoms with E-state index in [4.69, 9.17) is 5.11 Å². The van der Waals surface area contributed by atoms with Crippen molar-refractivity contribution in [3.05, 3.63) is 29.8 Å². The second-order valence-corrected chi connectivity index (χ2v) is 6.55. The third-order valence-corrected chi connectivity index (χ3v) is 5.41. The van der Waals surface area contributed by atoms with Crippen LogP contribution in [0.25, 0.3) is 0 Å². The summed E-state index contributed by atoms with van der Waals surface area (Å²) in [6, 6.07) is 6.91. The van der Waals surface area contributed by atoms with Gasteiger partial charge in [-0.15, -0.1) is 0 Å². The molecule has 1 fully saturated rings. The van der Waals surface area contributed by atoms with E-state index in [-0.39, 0.29) is 18.7 Å². The van der Waals surface area contributed by atoms with Crippen LogP contribution in [-0.4, -0.2) is 36.5 Å². The first kappa shape index (κ1) is 13.5. The Morgan fingerprint density at radius 2 is 1.83 bits per heavy atom. The summed E-state index contributed by atoms with van der Waals surface area (Å²) in [6.07, 6.45) is 1.30. The third-order valence-electron chi connectivity index (χ3n) is 3.45. The Labute approximate surface area is 108 Å². The third kappa shape index (κ3) is 2.30. The van der Waals surface area contributed by atoms with Crippen molar-refractivity contribution < 1.29 is 13.5 Å². The van der Waals surface area contributed by atoms with E-state index in [0.29, 0.717) is 11.3 Å². The van der Waals surface area contributed by atoms with Crippen LogP contribution in [0, 0.1) is 6.92 Å². The summed E-state index contributed by atoms with van der Waals surface area (Å²) in [5, 5.41) is 8.96. The molecule has 5 heteroatoms. The van der Waals surface area contributed by atoms with Gasteiger partial charge in [0.25, 0.3) is 0 Å². The average Bonchev–Trinajstić information content (AvgIpc) is 3.04. The summed E-state index contributed by atoms with van der Waals surface area (Å²) in [4.78, 5) is 0.340. The fourth-order valence-corrected chi connectivity index (χ4v) is 4.32. The number of hydrogen-bond donors (Lipinski definition) is 1. The molecule has 1 N–H and O–H groups in total.